The van der Waals surface area contributed by atoms with E-state index in [2.05, 4.69) is 21.2 Å². The van der Waals surface area contributed by atoms with Crippen molar-refractivity contribution in [1.82, 2.24) is 4.98 Å². The second kappa shape index (κ2) is 8.85. The number of anilines is 1. The summed E-state index contributed by atoms with van der Waals surface area (Å²) in [5, 5.41) is 3.84. The highest BCUT2D eigenvalue weighted by Gasteiger charge is 2.14. The second-order valence-corrected chi connectivity index (χ2v) is 8.32. The molecular weight excluding hydrogens is 464 g/mol. The highest BCUT2D eigenvalue weighted by atomic mass is 79.9. The first-order chi connectivity index (χ1) is 14.6. The molecule has 0 radical (unpaired) electrons. The summed E-state index contributed by atoms with van der Waals surface area (Å²) in [6, 6.07) is 18.9. The van der Waals surface area contributed by atoms with E-state index in [-0.39, 0.29) is 5.91 Å². The molecule has 0 aliphatic carbocycles. The number of thiazole rings is 1. The zero-order chi connectivity index (χ0) is 21.1. The number of fused-ring (bicyclic) bond motifs is 1. The maximum absolute atomic E-state index is 12.9. The Morgan fingerprint density at radius 1 is 1.10 bits per heavy atom. The number of hydrogen-bond donors (Lipinski definition) is 1. The first-order valence-electron chi connectivity index (χ1n) is 9.36. The van der Waals surface area contributed by atoms with Gasteiger partial charge in [-0.25, -0.2) is 4.98 Å². The number of hydrogen-bond acceptors (Lipinski definition) is 5. The van der Waals surface area contributed by atoms with Gasteiger partial charge < -0.3 is 14.8 Å². The Morgan fingerprint density at radius 2 is 1.90 bits per heavy atom. The van der Waals surface area contributed by atoms with Crippen LogP contribution in [0.4, 0.5) is 5.69 Å². The zero-order valence-electron chi connectivity index (χ0n) is 16.4. The summed E-state index contributed by atoms with van der Waals surface area (Å²) in [7, 11) is 1.58. The number of carbonyl (C=O) groups excluding carboxylic acids is 1. The number of aromatic nitrogens is 1. The van der Waals surface area contributed by atoms with Crippen LogP contribution in [-0.4, -0.2) is 24.6 Å². The Labute approximate surface area is 186 Å². The van der Waals surface area contributed by atoms with E-state index in [1.807, 2.05) is 49.4 Å². The summed E-state index contributed by atoms with van der Waals surface area (Å²) in [4.78, 5) is 17.6. The molecule has 0 bridgehead atoms. The smallest absolute Gasteiger partial charge is 0.255 e. The maximum Gasteiger partial charge on any atom is 0.255 e. The largest absolute Gasteiger partial charge is 0.495 e. The summed E-state index contributed by atoms with van der Waals surface area (Å²) in [6.07, 6.45) is 0. The van der Waals surface area contributed by atoms with Crippen molar-refractivity contribution in [3.8, 4) is 22.1 Å². The Balaban J connectivity index is 1.64. The van der Waals surface area contributed by atoms with Gasteiger partial charge in [0.25, 0.3) is 5.91 Å². The average Bonchev–Trinajstić information content (AvgIpc) is 3.19. The van der Waals surface area contributed by atoms with E-state index in [1.54, 1.807) is 36.6 Å². The van der Waals surface area contributed by atoms with Crippen LogP contribution in [0, 0.1) is 0 Å². The van der Waals surface area contributed by atoms with Gasteiger partial charge >= 0.3 is 0 Å². The topological polar surface area (TPSA) is 60.5 Å². The molecule has 0 aliphatic rings. The summed E-state index contributed by atoms with van der Waals surface area (Å²) in [5.41, 5.74) is 2.97. The van der Waals surface area contributed by atoms with Crippen molar-refractivity contribution in [2.75, 3.05) is 19.0 Å². The summed E-state index contributed by atoms with van der Waals surface area (Å²) in [6.45, 7) is 2.47. The molecule has 0 atom stereocenters. The average molecular weight is 483 g/mol. The van der Waals surface area contributed by atoms with E-state index in [0.717, 1.165) is 25.3 Å². The van der Waals surface area contributed by atoms with Gasteiger partial charge in [0.05, 0.1) is 34.1 Å². The molecule has 4 aromatic rings. The molecule has 0 saturated carbocycles. The lowest BCUT2D eigenvalue weighted by Gasteiger charge is -2.12. The van der Waals surface area contributed by atoms with Crippen molar-refractivity contribution < 1.29 is 14.3 Å². The fraction of sp³-hybridized carbons (Fsp3) is 0.130. The molecule has 1 aromatic heterocycles. The van der Waals surface area contributed by atoms with E-state index in [9.17, 15) is 4.79 Å². The summed E-state index contributed by atoms with van der Waals surface area (Å²) < 4.78 is 12.8. The third-order valence-electron chi connectivity index (χ3n) is 4.48. The predicted octanol–water partition coefficient (Wildman–Crippen LogP) is 6.39. The third kappa shape index (κ3) is 4.17. The van der Waals surface area contributed by atoms with Crippen LogP contribution >= 0.6 is 27.3 Å². The minimum absolute atomic E-state index is 0.238. The van der Waals surface area contributed by atoms with Gasteiger partial charge in [0, 0.05) is 11.1 Å². The molecule has 1 heterocycles. The number of carbonyl (C=O) groups is 1. The van der Waals surface area contributed by atoms with E-state index in [1.165, 1.54) is 0 Å². The number of amides is 1. The molecule has 30 heavy (non-hydrogen) atoms. The Morgan fingerprint density at radius 3 is 2.63 bits per heavy atom. The van der Waals surface area contributed by atoms with Crippen molar-refractivity contribution in [3.63, 3.8) is 0 Å². The molecule has 1 amide bonds. The Bertz CT molecular complexity index is 1190. The number of para-hydroxylation sites is 1. The SMILES string of the molecule is CCOc1ccc(C(=O)Nc2cc(-c3nc4ccccc4s3)ccc2OC)cc1Br. The zero-order valence-corrected chi connectivity index (χ0v) is 18.8. The van der Waals surface area contributed by atoms with Gasteiger partial charge in [0.1, 0.15) is 16.5 Å². The van der Waals surface area contributed by atoms with Crippen LogP contribution in [0.25, 0.3) is 20.8 Å². The minimum Gasteiger partial charge on any atom is -0.495 e. The number of rotatable bonds is 6. The molecule has 4 rings (SSSR count). The van der Waals surface area contributed by atoms with Gasteiger partial charge in [-0.15, -0.1) is 11.3 Å². The molecule has 3 aromatic carbocycles. The molecular formula is C23H19BrN2O3S. The van der Waals surface area contributed by atoms with Crippen LogP contribution in [0.15, 0.2) is 65.1 Å². The molecule has 5 nitrogen and oxygen atoms in total. The van der Waals surface area contributed by atoms with E-state index in [4.69, 9.17) is 14.5 Å². The van der Waals surface area contributed by atoms with Gasteiger partial charge in [0.15, 0.2) is 0 Å². The maximum atomic E-state index is 12.9. The number of ether oxygens (including phenoxy) is 2. The fourth-order valence-corrected chi connectivity index (χ4v) is 4.50. The van der Waals surface area contributed by atoms with Crippen LogP contribution in [-0.2, 0) is 0 Å². The third-order valence-corrected chi connectivity index (χ3v) is 6.19. The number of methoxy groups -OCH3 is 1. The van der Waals surface area contributed by atoms with Crippen LogP contribution in [0.3, 0.4) is 0 Å². The lowest BCUT2D eigenvalue weighted by Crippen LogP contribution is -2.13. The molecule has 0 spiro atoms. The first kappa shape index (κ1) is 20.4. The summed E-state index contributed by atoms with van der Waals surface area (Å²) in [5.74, 6) is 1.04. The first-order valence-corrected chi connectivity index (χ1v) is 11.0. The Kier molecular flexibility index (Phi) is 6.01. The molecule has 7 heteroatoms. The molecule has 0 saturated heterocycles. The van der Waals surface area contributed by atoms with Crippen molar-refractivity contribution in [3.05, 3.63) is 70.7 Å². The van der Waals surface area contributed by atoms with E-state index < -0.39 is 0 Å². The molecule has 152 valence electrons. The van der Waals surface area contributed by atoms with Crippen molar-refractivity contribution in [2.45, 2.75) is 6.92 Å². The normalized spacial score (nSPS) is 10.8. The van der Waals surface area contributed by atoms with Crippen LogP contribution < -0.4 is 14.8 Å². The van der Waals surface area contributed by atoms with Gasteiger partial charge in [-0.2, -0.15) is 0 Å². The molecule has 0 aliphatic heterocycles. The van der Waals surface area contributed by atoms with Crippen molar-refractivity contribution in [1.29, 1.82) is 0 Å². The van der Waals surface area contributed by atoms with Gasteiger partial charge in [-0.3, -0.25) is 4.79 Å². The number of benzene rings is 3. The van der Waals surface area contributed by atoms with E-state index >= 15 is 0 Å². The number of nitrogens with zero attached hydrogens (tertiary/aromatic N) is 1. The van der Waals surface area contributed by atoms with Crippen LogP contribution in [0.1, 0.15) is 17.3 Å². The predicted molar refractivity (Wildman–Crippen MR) is 125 cm³/mol. The van der Waals surface area contributed by atoms with Crippen LogP contribution in [0.5, 0.6) is 11.5 Å². The summed E-state index contributed by atoms with van der Waals surface area (Å²) >= 11 is 5.06. The molecule has 0 unspecified atom stereocenters. The fourth-order valence-electron chi connectivity index (χ4n) is 3.04. The quantitative estimate of drug-likeness (QED) is 0.346. The van der Waals surface area contributed by atoms with Crippen LogP contribution in [0.2, 0.25) is 0 Å². The number of halogens is 1. The Hall–Kier alpha value is -2.90. The second-order valence-electron chi connectivity index (χ2n) is 6.43. The molecule has 0 fully saturated rings. The minimum atomic E-state index is -0.238. The monoisotopic (exact) mass is 482 g/mol. The highest BCUT2D eigenvalue weighted by molar-refractivity contribution is 9.10. The lowest BCUT2D eigenvalue weighted by molar-refractivity contribution is 0.102. The standard InChI is InChI=1S/C23H19BrN2O3S/c1-3-29-19-10-8-14(12-16(19)24)22(27)25-18-13-15(9-11-20(18)28-2)23-26-17-6-4-5-7-21(17)30-23/h4-13H,3H2,1-2H3,(H,25,27). The lowest BCUT2D eigenvalue weighted by atomic mass is 10.1. The van der Waals surface area contributed by atoms with Crippen molar-refractivity contribution >= 4 is 49.1 Å². The molecule has 1 N–H and O–H groups in total. The van der Waals surface area contributed by atoms with Gasteiger partial charge in [0.2, 0.25) is 0 Å². The van der Waals surface area contributed by atoms with Gasteiger partial charge in [-0.1, -0.05) is 12.1 Å². The highest BCUT2D eigenvalue weighted by Crippen LogP contribution is 2.35. The van der Waals surface area contributed by atoms with E-state index in [0.29, 0.717) is 29.4 Å². The van der Waals surface area contributed by atoms with Gasteiger partial charge in [-0.05, 0) is 71.4 Å². The number of nitrogens with one attached hydrogen (secondary N) is 1. The van der Waals surface area contributed by atoms with Crippen molar-refractivity contribution in [2.24, 2.45) is 0 Å².